The summed E-state index contributed by atoms with van der Waals surface area (Å²) in [5.74, 6) is 0. The quantitative estimate of drug-likeness (QED) is 0.191. The number of para-hydroxylation sites is 1. The molecule has 0 aromatic heterocycles. The number of nitrogens with zero attached hydrogens (tertiary/aromatic N) is 1. The molecule has 5 aromatic carbocycles. The zero-order valence-corrected chi connectivity index (χ0v) is 25.3. The van der Waals surface area contributed by atoms with E-state index in [-0.39, 0.29) is 12.1 Å². The largest absolute Gasteiger partial charge is 0.312 e. The minimum absolute atomic E-state index is 0.198. The lowest BCUT2D eigenvalue weighted by molar-refractivity contribution is 0.680. The molecule has 0 N–H and O–H groups in total. The van der Waals surface area contributed by atoms with Crippen LogP contribution in [0.4, 0.5) is 11.4 Å². The standard InChI is InChI=1S/C38H30BNS2/c1-38(25-12-3-2-4-13-25)27-14-5-6-16-29(27)39-30-23-22-26(24-36(30)42-35-21-11-15-28(38)37(35)39)40-31-17-7-9-19-33(31)41-34-20-10-8-18-32(34)40/h2-7,9,11-17,19,21-24H,8,10,18,20H2,1H3. The van der Waals surface area contributed by atoms with Gasteiger partial charge in [0.15, 0.2) is 0 Å². The Kier molecular flexibility index (Phi) is 5.62. The monoisotopic (exact) mass is 575 g/mol. The van der Waals surface area contributed by atoms with Gasteiger partial charge in [-0.15, -0.1) is 0 Å². The predicted octanol–water partition coefficient (Wildman–Crippen LogP) is 8.36. The van der Waals surface area contributed by atoms with E-state index < -0.39 is 0 Å². The van der Waals surface area contributed by atoms with E-state index in [1.165, 1.54) is 84.1 Å². The number of benzene rings is 5. The first-order valence-electron chi connectivity index (χ1n) is 15.1. The van der Waals surface area contributed by atoms with Crippen LogP contribution in [0.15, 0.2) is 141 Å². The fourth-order valence-corrected chi connectivity index (χ4v) is 10.3. The zero-order chi connectivity index (χ0) is 27.8. The summed E-state index contributed by atoms with van der Waals surface area (Å²) >= 11 is 3.96. The zero-order valence-electron chi connectivity index (χ0n) is 23.6. The topological polar surface area (TPSA) is 3.24 Å². The average molecular weight is 576 g/mol. The summed E-state index contributed by atoms with van der Waals surface area (Å²) in [6.07, 6.45) is 4.91. The molecule has 1 atom stereocenters. The Labute approximate surface area is 257 Å². The molecule has 1 nitrogen and oxygen atoms in total. The van der Waals surface area contributed by atoms with E-state index in [0.717, 1.165) is 6.42 Å². The molecule has 0 radical (unpaired) electrons. The maximum absolute atomic E-state index is 2.58. The van der Waals surface area contributed by atoms with Gasteiger partial charge in [-0.05, 0) is 79.6 Å². The molecule has 0 saturated heterocycles. The highest BCUT2D eigenvalue weighted by Crippen LogP contribution is 2.51. The van der Waals surface area contributed by atoms with Gasteiger partial charge in [0.1, 0.15) is 0 Å². The van der Waals surface area contributed by atoms with Crippen molar-refractivity contribution in [1.29, 1.82) is 0 Å². The van der Waals surface area contributed by atoms with Crippen molar-refractivity contribution in [2.45, 2.75) is 52.7 Å². The van der Waals surface area contributed by atoms with Gasteiger partial charge in [0, 0.05) is 36.4 Å². The van der Waals surface area contributed by atoms with Crippen molar-refractivity contribution in [1.82, 2.24) is 0 Å². The first-order chi connectivity index (χ1) is 20.7. The van der Waals surface area contributed by atoms with Gasteiger partial charge < -0.3 is 4.90 Å². The maximum Gasteiger partial charge on any atom is 0.244 e. The predicted molar refractivity (Wildman–Crippen MR) is 180 cm³/mol. The third-order valence-corrected chi connectivity index (χ3v) is 12.2. The Bertz CT molecular complexity index is 1930. The maximum atomic E-state index is 2.58. The van der Waals surface area contributed by atoms with Crippen molar-refractivity contribution in [3.63, 3.8) is 0 Å². The molecular weight excluding hydrogens is 545 g/mol. The second kappa shape index (κ2) is 9.46. The van der Waals surface area contributed by atoms with E-state index in [9.17, 15) is 0 Å². The number of fused-ring (bicyclic) bond motifs is 5. The van der Waals surface area contributed by atoms with Crippen molar-refractivity contribution in [3.05, 3.63) is 143 Å². The van der Waals surface area contributed by atoms with E-state index in [0.29, 0.717) is 0 Å². The first kappa shape index (κ1) is 25.0. The molecule has 5 aromatic rings. The van der Waals surface area contributed by atoms with E-state index >= 15 is 0 Å². The van der Waals surface area contributed by atoms with Crippen molar-refractivity contribution < 1.29 is 0 Å². The molecule has 0 saturated carbocycles. The van der Waals surface area contributed by atoms with Gasteiger partial charge in [-0.1, -0.05) is 125 Å². The highest BCUT2D eigenvalue weighted by molar-refractivity contribution is 8.03. The molecule has 3 aliphatic heterocycles. The summed E-state index contributed by atoms with van der Waals surface area (Å²) in [7, 11) is 0. The van der Waals surface area contributed by atoms with E-state index in [1.807, 2.05) is 23.5 Å². The van der Waals surface area contributed by atoms with Crippen LogP contribution in [0.5, 0.6) is 0 Å². The van der Waals surface area contributed by atoms with Crippen LogP contribution >= 0.6 is 23.5 Å². The van der Waals surface area contributed by atoms with E-state index in [4.69, 9.17) is 0 Å². The molecule has 9 rings (SSSR count). The molecular formula is C38H30BNS2. The van der Waals surface area contributed by atoms with Gasteiger partial charge in [0.05, 0.1) is 5.69 Å². The lowest BCUT2D eigenvalue weighted by Gasteiger charge is -2.44. The minimum Gasteiger partial charge on any atom is -0.312 e. The van der Waals surface area contributed by atoms with Crippen LogP contribution in [0.1, 0.15) is 49.3 Å². The second-order valence-electron chi connectivity index (χ2n) is 12.0. The van der Waals surface area contributed by atoms with Crippen molar-refractivity contribution in [2.24, 2.45) is 0 Å². The van der Waals surface area contributed by atoms with Crippen LogP contribution < -0.4 is 21.3 Å². The van der Waals surface area contributed by atoms with Crippen LogP contribution in [0, 0.1) is 0 Å². The molecule has 0 amide bonds. The third kappa shape index (κ3) is 3.49. The van der Waals surface area contributed by atoms with Crippen LogP contribution in [-0.2, 0) is 5.41 Å². The molecule has 4 aliphatic rings. The molecule has 1 unspecified atom stereocenters. The minimum atomic E-state index is -0.198. The van der Waals surface area contributed by atoms with E-state index in [1.54, 1.807) is 4.91 Å². The number of thioether (sulfide) groups is 1. The fourth-order valence-electron chi connectivity index (χ4n) is 7.89. The summed E-state index contributed by atoms with van der Waals surface area (Å²) in [6, 6.07) is 43.6. The van der Waals surface area contributed by atoms with Crippen LogP contribution in [0.3, 0.4) is 0 Å². The molecule has 4 heteroatoms. The number of rotatable bonds is 2. The molecule has 0 spiro atoms. The van der Waals surface area contributed by atoms with E-state index in [2.05, 4.69) is 127 Å². The normalized spacial score (nSPS) is 19.8. The van der Waals surface area contributed by atoms with Crippen molar-refractivity contribution in [2.75, 3.05) is 4.90 Å². The van der Waals surface area contributed by atoms with Gasteiger partial charge in [-0.25, -0.2) is 0 Å². The Morgan fingerprint density at radius 2 is 1.40 bits per heavy atom. The highest BCUT2D eigenvalue weighted by Gasteiger charge is 2.46. The van der Waals surface area contributed by atoms with Crippen molar-refractivity contribution in [3.8, 4) is 0 Å². The van der Waals surface area contributed by atoms with Gasteiger partial charge in [-0.3, -0.25) is 0 Å². The number of hydrogen-bond acceptors (Lipinski definition) is 3. The lowest BCUT2D eigenvalue weighted by Crippen LogP contribution is -2.63. The van der Waals surface area contributed by atoms with Crippen LogP contribution in [0.2, 0.25) is 0 Å². The summed E-state index contributed by atoms with van der Waals surface area (Å²) < 4.78 is 0. The number of anilines is 2. The Morgan fingerprint density at radius 3 is 2.33 bits per heavy atom. The number of allylic oxidation sites excluding steroid dienone is 2. The molecule has 0 bridgehead atoms. The summed E-state index contributed by atoms with van der Waals surface area (Å²) in [5.41, 5.74) is 12.5. The lowest BCUT2D eigenvalue weighted by atomic mass is 9.31. The van der Waals surface area contributed by atoms with Crippen molar-refractivity contribution >= 4 is 58.0 Å². The van der Waals surface area contributed by atoms with Gasteiger partial charge in [0.25, 0.3) is 0 Å². The number of hydrogen-bond donors (Lipinski definition) is 0. The third-order valence-electron chi connectivity index (χ3n) is 9.84. The van der Waals surface area contributed by atoms with Crippen LogP contribution in [0.25, 0.3) is 0 Å². The smallest absolute Gasteiger partial charge is 0.244 e. The SMILES string of the molecule is CC1(c2ccccc2)c2ccccc2B2c3ccc(N4C5=C(CCCC5)Sc5ccccc54)cc3Sc3cccc1c32. The molecule has 202 valence electrons. The molecule has 42 heavy (non-hydrogen) atoms. The summed E-state index contributed by atoms with van der Waals surface area (Å²) in [6.45, 7) is 2.67. The average Bonchev–Trinajstić information content (AvgIpc) is 3.05. The summed E-state index contributed by atoms with van der Waals surface area (Å²) in [5, 5.41) is 0. The fraction of sp³-hybridized carbons (Fsp3) is 0.158. The molecule has 0 fully saturated rings. The summed E-state index contributed by atoms with van der Waals surface area (Å²) in [4.78, 5) is 8.29. The second-order valence-corrected chi connectivity index (χ2v) is 14.3. The van der Waals surface area contributed by atoms with Crippen LogP contribution in [-0.4, -0.2) is 6.71 Å². The highest BCUT2D eigenvalue weighted by atomic mass is 32.2. The Balaban J connectivity index is 1.24. The Hall–Kier alpha value is -3.60. The van der Waals surface area contributed by atoms with Gasteiger partial charge in [-0.2, -0.15) is 0 Å². The van der Waals surface area contributed by atoms with Gasteiger partial charge >= 0.3 is 0 Å². The first-order valence-corrected chi connectivity index (χ1v) is 16.7. The Morgan fingerprint density at radius 1 is 0.643 bits per heavy atom. The molecule has 3 heterocycles. The van der Waals surface area contributed by atoms with Gasteiger partial charge in [0.2, 0.25) is 6.71 Å². The molecule has 1 aliphatic carbocycles.